The molecule has 28 heavy (non-hydrogen) atoms. The SMILES string of the molecule is Cc1cc2ccccc2n1-c1cc(-c2ccccc2)cc(-c2ccccc2)n1. The van der Waals surface area contributed by atoms with E-state index in [2.05, 4.69) is 102 Å². The Hall–Kier alpha value is -3.65. The number of pyridine rings is 1. The highest BCUT2D eigenvalue weighted by Gasteiger charge is 2.12. The quantitative estimate of drug-likeness (QED) is 0.351. The molecule has 0 N–H and O–H groups in total. The number of aryl methyl sites for hydroxylation is 1. The Morgan fingerprint density at radius 3 is 2.00 bits per heavy atom. The maximum atomic E-state index is 5.05. The number of rotatable bonds is 3. The van der Waals surface area contributed by atoms with Crippen LogP contribution >= 0.6 is 0 Å². The third-order valence-corrected chi connectivity index (χ3v) is 5.11. The second-order valence-corrected chi connectivity index (χ2v) is 7.01. The van der Waals surface area contributed by atoms with Gasteiger partial charge in [-0.15, -0.1) is 0 Å². The van der Waals surface area contributed by atoms with E-state index in [9.17, 15) is 0 Å². The number of nitrogens with zero attached hydrogens (tertiary/aromatic N) is 2. The van der Waals surface area contributed by atoms with Crippen molar-refractivity contribution in [2.45, 2.75) is 6.92 Å². The molecule has 0 saturated carbocycles. The summed E-state index contributed by atoms with van der Waals surface area (Å²) in [5, 5.41) is 1.23. The molecule has 0 amide bonds. The summed E-state index contributed by atoms with van der Waals surface area (Å²) in [5.41, 5.74) is 6.82. The average Bonchev–Trinajstić information content (AvgIpc) is 3.10. The molecule has 0 aliphatic rings. The average molecular weight is 360 g/mol. The van der Waals surface area contributed by atoms with Crippen molar-refractivity contribution >= 4 is 10.9 Å². The fraction of sp³-hybridized carbons (Fsp3) is 0.0385. The second kappa shape index (κ2) is 6.82. The monoisotopic (exact) mass is 360 g/mol. The minimum Gasteiger partial charge on any atom is -0.298 e. The molecule has 5 aromatic rings. The summed E-state index contributed by atoms with van der Waals surface area (Å²) in [7, 11) is 0. The lowest BCUT2D eigenvalue weighted by Gasteiger charge is -2.13. The molecule has 2 heteroatoms. The predicted octanol–water partition coefficient (Wildman–Crippen LogP) is 6.67. The Labute approximate surface area is 164 Å². The molecule has 0 fully saturated rings. The van der Waals surface area contributed by atoms with Crippen LogP contribution in [0.4, 0.5) is 0 Å². The van der Waals surface area contributed by atoms with E-state index in [4.69, 9.17) is 4.98 Å². The maximum absolute atomic E-state index is 5.05. The van der Waals surface area contributed by atoms with Gasteiger partial charge in [0.2, 0.25) is 0 Å². The first-order valence-electron chi connectivity index (χ1n) is 9.50. The Morgan fingerprint density at radius 1 is 0.607 bits per heavy atom. The van der Waals surface area contributed by atoms with Crippen molar-refractivity contribution in [2.75, 3.05) is 0 Å². The Kier molecular flexibility index (Phi) is 4.02. The van der Waals surface area contributed by atoms with Gasteiger partial charge in [0.05, 0.1) is 11.2 Å². The van der Waals surface area contributed by atoms with E-state index in [0.717, 1.165) is 17.1 Å². The fourth-order valence-electron chi connectivity index (χ4n) is 3.78. The van der Waals surface area contributed by atoms with Gasteiger partial charge in [-0.1, -0.05) is 78.9 Å². The van der Waals surface area contributed by atoms with E-state index in [1.807, 2.05) is 12.1 Å². The summed E-state index contributed by atoms with van der Waals surface area (Å²) in [4.78, 5) is 5.05. The molecule has 0 aliphatic heterocycles. The molecular formula is C26H20N2. The first-order chi connectivity index (χ1) is 13.8. The molecule has 0 saturated heterocycles. The lowest BCUT2D eigenvalue weighted by atomic mass is 10.0. The van der Waals surface area contributed by atoms with Crippen LogP contribution in [0, 0.1) is 6.92 Å². The third kappa shape index (κ3) is 2.89. The minimum absolute atomic E-state index is 0.943. The summed E-state index contributed by atoms with van der Waals surface area (Å²) in [6, 6.07) is 35.9. The van der Waals surface area contributed by atoms with Crippen molar-refractivity contribution in [2.24, 2.45) is 0 Å². The van der Waals surface area contributed by atoms with Crippen molar-refractivity contribution < 1.29 is 0 Å². The second-order valence-electron chi connectivity index (χ2n) is 7.01. The van der Waals surface area contributed by atoms with E-state index < -0.39 is 0 Å². The van der Waals surface area contributed by atoms with Crippen molar-refractivity contribution in [1.82, 2.24) is 9.55 Å². The maximum Gasteiger partial charge on any atom is 0.138 e. The van der Waals surface area contributed by atoms with Crippen molar-refractivity contribution in [3.05, 3.63) is 109 Å². The number of aromatic nitrogens is 2. The standard InChI is InChI=1S/C26H20N2/c1-19-16-22-14-8-9-15-25(22)28(19)26-18-23(20-10-4-2-5-11-20)17-24(27-26)21-12-6-3-7-13-21/h2-18H,1H3. The van der Waals surface area contributed by atoms with Crippen molar-refractivity contribution in [3.8, 4) is 28.2 Å². The zero-order valence-corrected chi connectivity index (χ0v) is 15.7. The normalized spacial score (nSPS) is 11.0. The van der Waals surface area contributed by atoms with Crippen LogP contribution in [0.5, 0.6) is 0 Å². The van der Waals surface area contributed by atoms with Gasteiger partial charge in [0.15, 0.2) is 0 Å². The highest BCUT2D eigenvalue weighted by Crippen LogP contribution is 2.30. The molecule has 0 aliphatic carbocycles. The van der Waals surface area contributed by atoms with Crippen LogP contribution in [0.3, 0.4) is 0 Å². The third-order valence-electron chi connectivity index (χ3n) is 5.11. The van der Waals surface area contributed by atoms with Crippen molar-refractivity contribution in [3.63, 3.8) is 0 Å². The molecule has 0 atom stereocenters. The van der Waals surface area contributed by atoms with Gasteiger partial charge in [-0.25, -0.2) is 4.98 Å². The molecule has 0 spiro atoms. The van der Waals surface area contributed by atoms with Crippen LogP contribution in [0.2, 0.25) is 0 Å². The number of fused-ring (bicyclic) bond motifs is 1. The Balaban J connectivity index is 1.79. The molecule has 0 bridgehead atoms. The lowest BCUT2D eigenvalue weighted by Crippen LogP contribution is -2.01. The van der Waals surface area contributed by atoms with Gasteiger partial charge in [-0.2, -0.15) is 0 Å². The van der Waals surface area contributed by atoms with E-state index in [1.54, 1.807) is 0 Å². The first-order valence-corrected chi connectivity index (χ1v) is 9.50. The van der Waals surface area contributed by atoms with E-state index in [-0.39, 0.29) is 0 Å². The molecule has 2 nitrogen and oxygen atoms in total. The number of para-hydroxylation sites is 1. The van der Waals surface area contributed by atoms with Gasteiger partial charge < -0.3 is 0 Å². The van der Waals surface area contributed by atoms with Gasteiger partial charge in [-0.05, 0) is 42.3 Å². The summed E-state index contributed by atoms with van der Waals surface area (Å²) < 4.78 is 2.24. The van der Waals surface area contributed by atoms with E-state index in [1.165, 1.54) is 27.7 Å². The molecule has 2 aromatic heterocycles. The smallest absolute Gasteiger partial charge is 0.138 e. The van der Waals surface area contributed by atoms with Gasteiger partial charge >= 0.3 is 0 Å². The highest BCUT2D eigenvalue weighted by atomic mass is 15.1. The van der Waals surface area contributed by atoms with Crippen LogP contribution in [0.1, 0.15) is 5.69 Å². The van der Waals surface area contributed by atoms with Crippen LogP contribution in [0.25, 0.3) is 39.1 Å². The number of hydrogen-bond acceptors (Lipinski definition) is 1. The molecule has 0 unspecified atom stereocenters. The minimum atomic E-state index is 0.943. The van der Waals surface area contributed by atoms with Gasteiger partial charge in [0, 0.05) is 16.6 Å². The van der Waals surface area contributed by atoms with Crippen molar-refractivity contribution in [1.29, 1.82) is 0 Å². The molecule has 5 rings (SSSR count). The highest BCUT2D eigenvalue weighted by molar-refractivity contribution is 5.83. The van der Waals surface area contributed by atoms with Crippen LogP contribution < -0.4 is 0 Å². The van der Waals surface area contributed by atoms with Gasteiger partial charge in [-0.3, -0.25) is 4.57 Å². The Bertz CT molecular complexity index is 1190. The number of benzene rings is 3. The fourth-order valence-corrected chi connectivity index (χ4v) is 3.78. The largest absolute Gasteiger partial charge is 0.298 e. The summed E-state index contributed by atoms with van der Waals surface area (Å²) in [6.07, 6.45) is 0. The van der Waals surface area contributed by atoms with Crippen LogP contribution in [-0.2, 0) is 0 Å². The first kappa shape index (κ1) is 16.5. The predicted molar refractivity (Wildman–Crippen MR) is 117 cm³/mol. The van der Waals surface area contributed by atoms with Crippen LogP contribution in [-0.4, -0.2) is 9.55 Å². The van der Waals surface area contributed by atoms with Crippen LogP contribution in [0.15, 0.2) is 103 Å². The molecule has 3 aromatic carbocycles. The van der Waals surface area contributed by atoms with Gasteiger partial charge in [0.1, 0.15) is 5.82 Å². The van der Waals surface area contributed by atoms with E-state index >= 15 is 0 Å². The molecular weight excluding hydrogens is 340 g/mol. The number of hydrogen-bond donors (Lipinski definition) is 0. The molecule has 0 radical (unpaired) electrons. The summed E-state index contributed by atoms with van der Waals surface area (Å²) in [6.45, 7) is 2.14. The molecule has 2 heterocycles. The zero-order valence-electron chi connectivity index (χ0n) is 15.7. The van der Waals surface area contributed by atoms with E-state index in [0.29, 0.717) is 0 Å². The van der Waals surface area contributed by atoms with Gasteiger partial charge in [0.25, 0.3) is 0 Å². The topological polar surface area (TPSA) is 17.8 Å². The summed E-state index contributed by atoms with van der Waals surface area (Å²) in [5.74, 6) is 0.943. The Morgan fingerprint density at radius 2 is 1.25 bits per heavy atom. The zero-order chi connectivity index (χ0) is 18.9. The summed E-state index contributed by atoms with van der Waals surface area (Å²) >= 11 is 0. The molecule has 134 valence electrons. The lowest BCUT2D eigenvalue weighted by molar-refractivity contribution is 0.997.